The average molecular weight is 240 g/mol. The molecule has 0 saturated heterocycles. The number of aliphatic hydroxyl groups is 2. The van der Waals surface area contributed by atoms with E-state index in [9.17, 15) is 4.79 Å². The number of phenolic OH excluding ortho intramolecular Hbond substituents is 1. The largest absolute Gasteiger partial charge is 0.508 e. The lowest BCUT2D eigenvalue weighted by Crippen LogP contribution is -2.08. The van der Waals surface area contributed by atoms with E-state index in [0.29, 0.717) is 18.6 Å². The van der Waals surface area contributed by atoms with Crippen LogP contribution >= 0.6 is 0 Å². The van der Waals surface area contributed by atoms with Crippen molar-refractivity contribution in [1.82, 2.24) is 0 Å². The molecule has 0 atom stereocenters. The van der Waals surface area contributed by atoms with E-state index in [1.807, 2.05) is 0 Å². The predicted octanol–water partition coefficient (Wildman–Crippen LogP) is 1.17. The summed E-state index contributed by atoms with van der Waals surface area (Å²) in [6.45, 7) is 0. The molecule has 17 heavy (non-hydrogen) atoms. The van der Waals surface area contributed by atoms with Crippen molar-refractivity contribution in [2.75, 3.05) is 0 Å². The van der Waals surface area contributed by atoms with E-state index in [1.54, 1.807) is 12.1 Å². The summed E-state index contributed by atoms with van der Waals surface area (Å²) in [5.74, 6) is -0.0566. The van der Waals surface area contributed by atoms with Crippen molar-refractivity contribution >= 4 is 5.97 Å². The average Bonchev–Trinajstić information content (AvgIpc) is 2.24. The van der Waals surface area contributed by atoms with Crippen LogP contribution in [0.1, 0.15) is 25.7 Å². The van der Waals surface area contributed by atoms with Crippen molar-refractivity contribution in [3.63, 3.8) is 0 Å². The molecule has 0 fully saturated rings. The smallest absolute Gasteiger partial charge is 0.311 e. The summed E-state index contributed by atoms with van der Waals surface area (Å²) in [5.41, 5.74) is 0. The zero-order chi connectivity index (χ0) is 12.7. The van der Waals surface area contributed by atoms with Gasteiger partial charge < -0.3 is 20.1 Å². The highest BCUT2D eigenvalue weighted by atomic mass is 16.5. The number of aliphatic hydroxyl groups excluding tert-OH is 1. The van der Waals surface area contributed by atoms with Gasteiger partial charge in [0.05, 0.1) is 0 Å². The molecule has 94 valence electrons. The summed E-state index contributed by atoms with van der Waals surface area (Å²) in [4.78, 5) is 11.3. The van der Waals surface area contributed by atoms with Crippen LogP contribution in [0.3, 0.4) is 0 Å². The first-order chi connectivity index (χ1) is 8.08. The third kappa shape index (κ3) is 5.89. The highest BCUT2D eigenvalue weighted by Crippen LogP contribution is 2.18. The van der Waals surface area contributed by atoms with Crippen LogP contribution in [0.5, 0.6) is 11.5 Å². The van der Waals surface area contributed by atoms with Gasteiger partial charge in [-0.3, -0.25) is 4.79 Å². The number of carbonyl (C=O) groups is 1. The van der Waals surface area contributed by atoms with Gasteiger partial charge in [0.15, 0.2) is 6.29 Å². The van der Waals surface area contributed by atoms with Gasteiger partial charge >= 0.3 is 5.97 Å². The Morgan fingerprint density at radius 1 is 1.29 bits per heavy atom. The molecule has 3 N–H and O–H groups in total. The Morgan fingerprint density at radius 3 is 2.71 bits per heavy atom. The molecule has 0 amide bonds. The Labute approximate surface area is 99.3 Å². The van der Waals surface area contributed by atoms with Crippen LogP contribution in [0.15, 0.2) is 24.3 Å². The second kappa shape index (κ2) is 6.88. The van der Waals surface area contributed by atoms with Crippen LogP contribution in [0.25, 0.3) is 0 Å². The van der Waals surface area contributed by atoms with E-state index in [4.69, 9.17) is 20.1 Å². The van der Waals surface area contributed by atoms with Crippen molar-refractivity contribution < 1.29 is 24.9 Å². The zero-order valence-electron chi connectivity index (χ0n) is 9.37. The maximum atomic E-state index is 11.3. The Bertz CT molecular complexity index is 362. The molecule has 0 radical (unpaired) electrons. The van der Waals surface area contributed by atoms with Gasteiger partial charge in [-0.2, -0.15) is 0 Å². The van der Waals surface area contributed by atoms with Crippen LogP contribution in [0.4, 0.5) is 0 Å². The van der Waals surface area contributed by atoms with E-state index in [1.165, 1.54) is 12.1 Å². The molecule has 0 spiro atoms. The molecule has 0 aromatic heterocycles. The van der Waals surface area contributed by atoms with E-state index in [2.05, 4.69) is 0 Å². The minimum Gasteiger partial charge on any atom is -0.508 e. The molecule has 1 rings (SSSR count). The number of rotatable bonds is 6. The molecule has 0 saturated carbocycles. The first kappa shape index (κ1) is 13.5. The van der Waals surface area contributed by atoms with Crippen LogP contribution < -0.4 is 4.74 Å². The molecule has 0 bridgehead atoms. The van der Waals surface area contributed by atoms with Gasteiger partial charge in [-0.05, 0) is 31.4 Å². The number of hydrogen-bond donors (Lipinski definition) is 3. The summed E-state index contributed by atoms with van der Waals surface area (Å²) in [6, 6.07) is 6.00. The monoisotopic (exact) mass is 240 g/mol. The summed E-state index contributed by atoms with van der Waals surface area (Å²) >= 11 is 0. The number of unbranched alkanes of at least 4 members (excludes halogenated alkanes) is 1. The molecular weight excluding hydrogens is 224 g/mol. The van der Waals surface area contributed by atoms with Gasteiger partial charge in [0, 0.05) is 12.5 Å². The number of carbonyl (C=O) groups excluding carboxylic acids is 1. The molecule has 0 aliphatic rings. The Kier molecular flexibility index (Phi) is 5.45. The lowest BCUT2D eigenvalue weighted by atomic mass is 10.2. The van der Waals surface area contributed by atoms with Crippen molar-refractivity contribution in [3.05, 3.63) is 24.3 Å². The number of phenols is 1. The first-order valence-electron chi connectivity index (χ1n) is 5.44. The van der Waals surface area contributed by atoms with E-state index >= 15 is 0 Å². The van der Waals surface area contributed by atoms with Gasteiger partial charge in [0.2, 0.25) is 0 Å². The standard InChI is InChI=1S/C12H16O5/c13-9-4-3-5-10(8-9)17-12(16)7-2-1-6-11(14)15/h3-5,8,11,13-15H,1-2,6-7H2. The van der Waals surface area contributed by atoms with E-state index < -0.39 is 12.3 Å². The molecule has 5 heteroatoms. The SMILES string of the molecule is O=C(CCCCC(O)O)Oc1cccc(O)c1. The molecule has 0 unspecified atom stereocenters. The Morgan fingerprint density at radius 2 is 2.06 bits per heavy atom. The van der Waals surface area contributed by atoms with E-state index in [-0.39, 0.29) is 18.6 Å². The highest BCUT2D eigenvalue weighted by molar-refractivity contribution is 5.72. The number of esters is 1. The van der Waals surface area contributed by atoms with Gasteiger partial charge in [-0.15, -0.1) is 0 Å². The number of aromatic hydroxyl groups is 1. The van der Waals surface area contributed by atoms with Crippen LogP contribution in [0.2, 0.25) is 0 Å². The van der Waals surface area contributed by atoms with Crippen LogP contribution in [-0.4, -0.2) is 27.6 Å². The van der Waals surface area contributed by atoms with Crippen LogP contribution in [0, 0.1) is 0 Å². The van der Waals surface area contributed by atoms with Crippen molar-refractivity contribution in [1.29, 1.82) is 0 Å². The van der Waals surface area contributed by atoms with Gasteiger partial charge in [-0.1, -0.05) is 6.07 Å². The maximum absolute atomic E-state index is 11.3. The molecule has 0 aliphatic heterocycles. The summed E-state index contributed by atoms with van der Waals surface area (Å²) in [7, 11) is 0. The molecule has 5 nitrogen and oxygen atoms in total. The predicted molar refractivity (Wildman–Crippen MR) is 60.4 cm³/mol. The van der Waals surface area contributed by atoms with Gasteiger partial charge in [0.25, 0.3) is 0 Å². The molecule has 0 aliphatic carbocycles. The van der Waals surface area contributed by atoms with Gasteiger partial charge in [-0.25, -0.2) is 0 Å². The third-order valence-corrected chi connectivity index (χ3v) is 2.14. The number of hydrogen-bond acceptors (Lipinski definition) is 5. The highest BCUT2D eigenvalue weighted by Gasteiger charge is 2.06. The van der Waals surface area contributed by atoms with Gasteiger partial charge in [0.1, 0.15) is 11.5 Å². The van der Waals surface area contributed by atoms with E-state index in [0.717, 1.165) is 0 Å². The van der Waals surface area contributed by atoms with Crippen molar-refractivity contribution in [2.45, 2.75) is 32.0 Å². The summed E-state index contributed by atoms with van der Waals surface area (Å²) < 4.78 is 4.98. The minimum atomic E-state index is -1.32. The van der Waals surface area contributed by atoms with Crippen molar-refractivity contribution in [2.24, 2.45) is 0 Å². The quantitative estimate of drug-likeness (QED) is 0.301. The second-order valence-corrected chi connectivity index (χ2v) is 3.70. The van der Waals surface area contributed by atoms with Crippen LogP contribution in [-0.2, 0) is 4.79 Å². The minimum absolute atomic E-state index is 0.0405. The fraction of sp³-hybridized carbons (Fsp3) is 0.417. The zero-order valence-corrected chi connectivity index (χ0v) is 9.37. The topological polar surface area (TPSA) is 87.0 Å². The third-order valence-electron chi connectivity index (χ3n) is 2.14. The fourth-order valence-electron chi connectivity index (χ4n) is 1.33. The lowest BCUT2D eigenvalue weighted by Gasteiger charge is -2.05. The van der Waals surface area contributed by atoms with Crippen molar-refractivity contribution in [3.8, 4) is 11.5 Å². The molecular formula is C12H16O5. The Hall–Kier alpha value is -1.59. The normalized spacial score (nSPS) is 10.5. The Balaban J connectivity index is 2.25. The molecule has 1 aromatic rings. The molecule has 0 heterocycles. The second-order valence-electron chi connectivity index (χ2n) is 3.70. The fourth-order valence-corrected chi connectivity index (χ4v) is 1.33. The lowest BCUT2D eigenvalue weighted by molar-refractivity contribution is -0.134. The maximum Gasteiger partial charge on any atom is 0.311 e. The summed E-state index contributed by atoms with van der Waals surface area (Å²) in [6.07, 6.45) is 0.223. The molecule has 1 aromatic carbocycles. The number of benzene rings is 1. The first-order valence-corrected chi connectivity index (χ1v) is 5.44. The summed E-state index contributed by atoms with van der Waals surface area (Å²) in [5, 5.41) is 26.3. The number of ether oxygens (including phenoxy) is 1.